The van der Waals surface area contributed by atoms with Crippen molar-refractivity contribution < 1.29 is 27.6 Å². The van der Waals surface area contributed by atoms with Crippen LogP contribution in [-0.4, -0.2) is 23.0 Å². The summed E-state index contributed by atoms with van der Waals surface area (Å²) in [7, 11) is 0.992. The van der Waals surface area contributed by atoms with Gasteiger partial charge in [-0.05, 0) is 0 Å². The summed E-state index contributed by atoms with van der Waals surface area (Å²) in [6, 6.07) is 0.474. The van der Waals surface area contributed by atoms with Crippen molar-refractivity contribution >= 4 is 11.7 Å². The Morgan fingerprint density at radius 3 is 2.53 bits per heavy atom. The number of pyridine rings is 1. The lowest BCUT2D eigenvalue weighted by atomic mass is 10.2. The van der Waals surface area contributed by atoms with E-state index >= 15 is 0 Å². The third-order valence-corrected chi connectivity index (χ3v) is 1.75. The molecular formula is C8H5F3N2O4. The number of hydrogen-bond donors (Lipinski definition) is 0. The Labute approximate surface area is 92.2 Å². The van der Waals surface area contributed by atoms with E-state index in [1.807, 2.05) is 0 Å². The minimum atomic E-state index is -4.96. The van der Waals surface area contributed by atoms with Gasteiger partial charge in [0, 0.05) is 12.3 Å². The van der Waals surface area contributed by atoms with E-state index in [2.05, 4.69) is 9.72 Å². The highest BCUT2D eigenvalue weighted by Gasteiger charge is 2.40. The summed E-state index contributed by atoms with van der Waals surface area (Å²) in [5.74, 6) is -1.01. The molecule has 0 atom stereocenters. The van der Waals surface area contributed by atoms with E-state index in [0.717, 1.165) is 7.11 Å². The van der Waals surface area contributed by atoms with Gasteiger partial charge < -0.3 is 4.74 Å². The topological polar surface area (TPSA) is 82.3 Å². The largest absolute Gasteiger partial charge is 0.465 e. The van der Waals surface area contributed by atoms with Crippen LogP contribution in [0.25, 0.3) is 0 Å². The minimum absolute atomic E-state index is 0.424. The molecule has 0 aliphatic rings. The van der Waals surface area contributed by atoms with Crippen LogP contribution in [0, 0.1) is 10.1 Å². The molecule has 17 heavy (non-hydrogen) atoms. The van der Waals surface area contributed by atoms with E-state index in [9.17, 15) is 28.1 Å². The standard InChI is InChI=1S/C8H5F3N2O4/c1-17-7(14)4-2-5(13(15)16)6(12-3-4)8(9,10)11/h2-3H,1H3. The van der Waals surface area contributed by atoms with Gasteiger partial charge in [-0.1, -0.05) is 0 Å². The molecule has 92 valence electrons. The van der Waals surface area contributed by atoms with Crippen molar-refractivity contribution in [2.24, 2.45) is 0 Å². The van der Waals surface area contributed by atoms with Crippen LogP contribution in [0.4, 0.5) is 18.9 Å². The van der Waals surface area contributed by atoms with Crippen LogP contribution in [0.3, 0.4) is 0 Å². The number of hydrogen-bond acceptors (Lipinski definition) is 5. The van der Waals surface area contributed by atoms with E-state index in [0.29, 0.717) is 12.3 Å². The van der Waals surface area contributed by atoms with E-state index in [1.54, 1.807) is 0 Å². The van der Waals surface area contributed by atoms with E-state index in [4.69, 9.17) is 0 Å². The van der Waals surface area contributed by atoms with E-state index in [1.165, 1.54) is 0 Å². The predicted octanol–water partition coefficient (Wildman–Crippen LogP) is 1.80. The molecule has 0 aliphatic carbocycles. The molecule has 0 spiro atoms. The fraction of sp³-hybridized carbons (Fsp3) is 0.250. The number of halogens is 3. The summed E-state index contributed by atoms with van der Waals surface area (Å²) in [5.41, 5.74) is -3.37. The molecule has 0 bridgehead atoms. The summed E-state index contributed by atoms with van der Waals surface area (Å²) in [6.45, 7) is 0. The lowest BCUT2D eigenvalue weighted by Crippen LogP contribution is -2.13. The summed E-state index contributed by atoms with van der Waals surface area (Å²) in [6.07, 6.45) is -4.39. The molecule has 9 heteroatoms. The Hall–Kier alpha value is -2.19. The van der Waals surface area contributed by atoms with E-state index < -0.39 is 34.0 Å². The molecule has 0 amide bonds. The van der Waals surface area contributed by atoms with Gasteiger partial charge in [-0.3, -0.25) is 10.1 Å². The summed E-state index contributed by atoms with van der Waals surface area (Å²) < 4.78 is 41.2. The number of alkyl halides is 3. The van der Waals surface area contributed by atoms with Gasteiger partial charge in [0.1, 0.15) is 0 Å². The van der Waals surface area contributed by atoms with Crippen LogP contribution in [-0.2, 0) is 10.9 Å². The van der Waals surface area contributed by atoms with Crippen LogP contribution in [0.2, 0.25) is 0 Å². The van der Waals surface area contributed by atoms with Gasteiger partial charge in [-0.25, -0.2) is 9.78 Å². The molecule has 1 aromatic rings. The average Bonchev–Trinajstić information content (AvgIpc) is 2.25. The monoisotopic (exact) mass is 250 g/mol. The van der Waals surface area contributed by atoms with Gasteiger partial charge in [0.15, 0.2) is 0 Å². The highest BCUT2D eigenvalue weighted by Crippen LogP contribution is 2.34. The Kier molecular flexibility index (Phi) is 3.30. The molecule has 0 saturated heterocycles. The van der Waals surface area contributed by atoms with Gasteiger partial charge in [-0.2, -0.15) is 13.2 Å². The highest BCUT2D eigenvalue weighted by atomic mass is 19.4. The van der Waals surface area contributed by atoms with Gasteiger partial charge in [0.25, 0.3) is 0 Å². The molecule has 0 N–H and O–H groups in total. The van der Waals surface area contributed by atoms with Gasteiger partial charge >= 0.3 is 17.8 Å². The Bertz CT molecular complexity index is 472. The second kappa shape index (κ2) is 4.36. The second-order valence-corrected chi connectivity index (χ2v) is 2.84. The van der Waals surface area contributed by atoms with Crippen molar-refractivity contribution in [1.29, 1.82) is 0 Å². The first-order valence-corrected chi connectivity index (χ1v) is 4.07. The van der Waals surface area contributed by atoms with Gasteiger partial charge in [0.05, 0.1) is 17.6 Å². The fourth-order valence-electron chi connectivity index (χ4n) is 1.04. The van der Waals surface area contributed by atoms with Crippen molar-refractivity contribution in [2.75, 3.05) is 7.11 Å². The summed E-state index contributed by atoms with van der Waals surface area (Å²) in [4.78, 5) is 23.0. The predicted molar refractivity (Wildman–Crippen MR) is 47.2 cm³/mol. The summed E-state index contributed by atoms with van der Waals surface area (Å²) >= 11 is 0. The van der Waals surface area contributed by atoms with Crippen LogP contribution in [0.1, 0.15) is 16.1 Å². The molecule has 0 unspecified atom stereocenters. The van der Waals surface area contributed by atoms with Crippen molar-refractivity contribution in [3.8, 4) is 0 Å². The third kappa shape index (κ3) is 2.68. The zero-order chi connectivity index (χ0) is 13.2. The number of rotatable bonds is 2. The molecule has 0 saturated carbocycles. The number of nitro groups is 1. The molecule has 1 heterocycles. The van der Waals surface area contributed by atoms with Crippen LogP contribution in [0.15, 0.2) is 12.3 Å². The molecule has 1 aromatic heterocycles. The molecule has 0 aromatic carbocycles. The SMILES string of the molecule is COC(=O)c1cnc(C(F)(F)F)c([N+](=O)[O-])c1. The van der Waals surface area contributed by atoms with Crippen molar-refractivity contribution in [1.82, 2.24) is 4.98 Å². The molecule has 6 nitrogen and oxygen atoms in total. The number of nitrogens with zero attached hydrogens (tertiary/aromatic N) is 2. The first kappa shape index (κ1) is 12.9. The van der Waals surface area contributed by atoms with Gasteiger partial charge in [0.2, 0.25) is 5.69 Å². The Balaban J connectivity index is 3.37. The van der Waals surface area contributed by atoms with Crippen molar-refractivity contribution in [3.05, 3.63) is 33.6 Å². The van der Waals surface area contributed by atoms with Crippen LogP contribution >= 0.6 is 0 Å². The minimum Gasteiger partial charge on any atom is -0.465 e. The number of ether oxygens (including phenoxy) is 1. The average molecular weight is 250 g/mol. The van der Waals surface area contributed by atoms with Crippen molar-refractivity contribution in [3.63, 3.8) is 0 Å². The van der Waals surface area contributed by atoms with Gasteiger partial charge in [-0.15, -0.1) is 0 Å². The molecule has 0 fully saturated rings. The third-order valence-electron chi connectivity index (χ3n) is 1.75. The number of carbonyl (C=O) groups excluding carboxylic acids is 1. The molecular weight excluding hydrogens is 245 g/mol. The molecule has 1 rings (SSSR count). The molecule has 0 aliphatic heterocycles. The zero-order valence-electron chi connectivity index (χ0n) is 8.32. The van der Waals surface area contributed by atoms with Crippen LogP contribution < -0.4 is 0 Å². The van der Waals surface area contributed by atoms with Crippen molar-refractivity contribution in [2.45, 2.75) is 6.18 Å². The Morgan fingerprint density at radius 1 is 1.53 bits per heavy atom. The number of esters is 1. The maximum absolute atomic E-state index is 12.3. The number of carbonyl (C=O) groups is 1. The lowest BCUT2D eigenvalue weighted by molar-refractivity contribution is -0.388. The normalized spacial score (nSPS) is 11.1. The van der Waals surface area contributed by atoms with E-state index in [-0.39, 0.29) is 0 Å². The second-order valence-electron chi connectivity index (χ2n) is 2.84. The highest BCUT2D eigenvalue weighted by molar-refractivity contribution is 5.89. The first-order chi connectivity index (χ1) is 7.77. The number of methoxy groups -OCH3 is 1. The Morgan fingerprint density at radius 2 is 2.12 bits per heavy atom. The quantitative estimate of drug-likeness (QED) is 0.454. The maximum Gasteiger partial charge on any atom is 0.440 e. The number of aromatic nitrogens is 1. The zero-order valence-corrected chi connectivity index (χ0v) is 8.32. The smallest absolute Gasteiger partial charge is 0.440 e. The maximum atomic E-state index is 12.3. The first-order valence-electron chi connectivity index (χ1n) is 4.07. The molecule has 0 radical (unpaired) electrons. The van der Waals surface area contributed by atoms with Crippen LogP contribution in [0.5, 0.6) is 0 Å². The fourth-order valence-corrected chi connectivity index (χ4v) is 1.04. The summed E-state index contributed by atoms with van der Waals surface area (Å²) in [5, 5.41) is 10.4. The lowest BCUT2D eigenvalue weighted by Gasteiger charge is -2.06.